The number of likely N-dealkylation sites (tertiary alicyclic amines) is 2. The molecule has 2 fully saturated rings. The third kappa shape index (κ3) is 2.96. The van der Waals surface area contributed by atoms with Crippen LogP contribution < -0.4 is 0 Å². The van der Waals surface area contributed by atoms with Crippen LogP contribution in [0.15, 0.2) is 18.3 Å². The number of hydrogen-bond donors (Lipinski definition) is 0. The Morgan fingerprint density at radius 2 is 1.90 bits per heavy atom. The predicted octanol–water partition coefficient (Wildman–Crippen LogP) is 2.44. The van der Waals surface area contributed by atoms with Crippen LogP contribution in [0, 0.1) is 0 Å². The highest BCUT2D eigenvalue weighted by Crippen LogP contribution is 2.22. The van der Waals surface area contributed by atoms with E-state index < -0.39 is 0 Å². The molecule has 3 heterocycles. The van der Waals surface area contributed by atoms with Crippen molar-refractivity contribution in [2.45, 2.75) is 31.7 Å². The number of aromatic nitrogens is 1. The van der Waals surface area contributed by atoms with Gasteiger partial charge in [0.15, 0.2) is 0 Å². The first-order chi connectivity index (χ1) is 9.74. The van der Waals surface area contributed by atoms with Gasteiger partial charge >= 0.3 is 0 Å². The highest BCUT2D eigenvalue weighted by Gasteiger charge is 2.28. The van der Waals surface area contributed by atoms with Crippen molar-refractivity contribution in [1.29, 1.82) is 0 Å². The molecule has 0 unspecified atom stereocenters. The standard InChI is InChI=1S/C15H20ClN3O/c16-14-11-12(3-6-17-14)15(20)19-9-4-13(5-10-19)18-7-1-2-8-18/h3,6,11,13H,1-2,4-5,7-10H2. The minimum Gasteiger partial charge on any atom is -0.339 e. The van der Waals surface area contributed by atoms with Crippen molar-refractivity contribution in [3.8, 4) is 0 Å². The van der Waals surface area contributed by atoms with Crippen molar-refractivity contribution in [3.05, 3.63) is 29.0 Å². The first kappa shape index (κ1) is 13.8. The molecular formula is C15H20ClN3O. The van der Waals surface area contributed by atoms with Crippen molar-refractivity contribution >= 4 is 17.5 Å². The topological polar surface area (TPSA) is 36.4 Å². The summed E-state index contributed by atoms with van der Waals surface area (Å²) in [6.45, 7) is 4.16. The number of nitrogens with zero attached hydrogens (tertiary/aromatic N) is 3. The van der Waals surface area contributed by atoms with E-state index in [-0.39, 0.29) is 5.91 Å². The molecule has 0 atom stereocenters. The van der Waals surface area contributed by atoms with Gasteiger partial charge in [-0.05, 0) is 50.9 Å². The summed E-state index contributed by atoms with van der Waals surface area (Å²) in [4.78, 5) is 20.9. The van der Waals surface area contributed by atoms with Gasteiger partial charge in [0.2, 0.25) is 0 Å². The lowest BCUT2D eigenvalue weighted by Gasteiger charge is -2.36. The Hall–Kier alpha value is -1.13. The van der Waals surface area contributed by atoms with E-state index in [0.717, 1.165) is 25.9 Å². The van der Waals surface area contributed by atoms with Gasteiger partial charge in [0.1, 0.15) is 5.15 Å². The molecule has 1 amide bonds. The molecule has 1 aromatic heterocycles. The van der Waals surface area contributed by atoms with E-state index in [1.54, 1.807) is 18.3 Å². The Kier molecular flexibility index (Phi) is 4.22. The molecule has 2 aliphatic heterocycles. The molecule has 5 heteroatoms. The number of carbonyl (C=O) groups is 1. The third-order valence-corrected chi connectivity index (χ3v) is 4.59. The van der Waals surface area contributed by atoms with Gasteiger partial charge in [0.05, 0.1) is 0 Å². The van der Waals surface area contributed by atoms with Crippen molar-refractivity contribution in [1.82, 2.24) is 14.8 Å². The van der Waals surface area contributed by atoms with Gasteiger partial charge in [-0.3, -0.25) is 4.79 Å². The molecular weight excluding hydrogens is 274 g/mol. The van der Waals surface area contributed by atoms with Crippen LogP contribution in [0.4, 0.5) is 0 Å². The molecule has 1 aromatic rings. The van der Waals surface area contributed by atoms with Gasteiger partial charge < -0.3 is 9.80 Å². The zero-order chi connectivity index (χ0) is 13.9. The number of amides is 1. The second-order valence-corrected chi connectivity index (χ2v) is 6.02. The molecule has 0 radical (unpaired) electrons. The van der Waals surface area contributed by atoms with Crippen molar-refractivity contribution < 1.29 is 4.79 Å². The lowest BCUT2D eigenvalue weighted by Crippen LogP contribution is -2.45. The maximum absolute atomic E-state index is 12.4. The fourth-order valence-corrected chi connectivity index (χ4v) is 3.43. The fourth-order valence-electron chi connectivity index (χ4n) is 3.26. The van der Waals surface area contributed by atoms with E-state index in [4.69, 9.17) is 11.6 Å². The molecule has 0 aliphatic carbocycles. The van der Waals surface area contributed by atoms with Gasteiger partial charge in [-0.25, -0.2) is 4.98 Å². The molecule has 0 saturated carbocycles. The Morgan fingerprint density at radius 1 is 1.20 bits per heavy atom. The highest BCUT2D eigenvalue weighted by molar-refractivity contribution is 6.29. The largest absolute Gasteiger partial charge is 0.339 e. The lowest BCUT2D eigenvalue weighted by molar-refractivity contribution is 0.0644. The third-order valence-electron chi connectivity index (χ3n) is 4.38. The quantitative estimate of drug-likeness (QED) is 0.786. The van der Waals surface area contributed by atoms with Crippen LogP contribution in [-0.4, -0.2) is 52.9 Å². The molecule has 20 heavy (non-hydrogen) atoms. The van der Waals surface area contributed by atoms with E-state index in [9.17, 15) is 4.79 Å². The molecule has 2 aliphatic rings. The Balaban J connectivity index is 1.58. The molecule has 4 nitrogen and oxygen atoms in total. The Bertz CT molecular complexity index is 480. The summed E-state index contributed by atoms with van der Waals surface area (Å²) in [5, 5.41) is 0.378. The minimum absolute atomic E-state index is 0.0779. The van der Waals surface area contributed by atoms with Crippen molar-refractivity contribution in [3.63, 3.8) is 0 Å². The first-order valence-corrected chi connectivity index (χ1v) is 7.77. The summed E-state index contributed by atoms with van der Waals surface area (Å²) < 4.78 is 0. The van der Waals surface area contributed by atoms with E-state index >= 15 is 0 Å². The minimum atomic E-state index is 0.0779. The molecule has 3 rings (SSSR count). The van der Waals surface area contributed by atoms with Gasteiger partial charge in [-0.2, -0.15) is 0 Å². The summed E-state index contributed by atoms with van der Waals surface area (Å²) in [6, 6.07) is 4.06. The highest BCUT2D eigenvalue weighted by atomic mass is 35.5. The van der Waals surface area contributed by atoms with Gasteiger partial charge in [0.25, 0.3) is 5.91 Å². The predicted molar refractivity (Wildman–Crippen MR) is 79.0 cm³/mol. The number of halogens is 1. The molecule has 108 valence electrons. The number of rotatable bonds is 2. The second-order valence-electron chi connectivity index (χ2n) is 5.63. The summed E-state index contributed by atoms with van der Waals surface area (Å²) in [7, 11) is 0. The van der Waals surface area contributed by atoms with E-state index in [2.05, 4.69) is 9.88 Å². The molecule has 2 saturated heterocycles. The van der Waals surface area contributed by atoms with Crippen LogP contribution in [0.5, 0.6) is 0 Å². The Morgan fingerprint density at radius 3 is 2.55 bits per heavy atom. The number of piperidine rings is 1. The van der Waals surface area contributed by atoms with Crippen molar-refractivity contribution in [2.24, 2.45) is 0 Å². The average molecular weight is 294 g/mol. The van der Waals surface area contributed by atoms with Crippen LogP contribution in [0.2, 0.25) is 5.15 Å². The van der Waals surface area contributed by atoms with Gasteiger partial charge in [-0.15, -0.1) is 0 Å². The lowest BCUT2D eigenvalue weighted by atomic mass is 10.0. The smallest absolute Gasteiger partial charge is 0.254 e. The van der Waals surface area contributed by atoms with Crippen LogP contribution in [0.3, 0.4) is 0 Å². The second kappa shape index (κ2) is 6.10. The van der Waals surface area contributed by atoms with Gasteiger partial charge in [-0.1, -0.05) is 11.6 Å². The first-order valence-electron chi connectivity index (χ1n) is 7.39. The molecule has 0 spiro atoms. The molecule has 0 aromatic carbocycles. The van der Waals surface area contributed by atoms with E-state index in [1.165, 1.54) is 25.9 Å². The maximum atomic E-state index is 12.4. The normalized spacial score (nSPS) is 21.4. The molecule has 0 bridgehead atoms. The molecule has 0 N–H and O–H groups in total. The summed E-state index contributed by atoms with van der Waals surface area (Å²) >= 11 is 5.85. The zero-order valence-electron chi connectivity index (χ0n) is 11.6. The Labute approximate surface area is 124 Å². The monoisotopic (exact) mass is 293 g/mol. The number of carbonyl (C=O) groups excluding carboxylic acids is 1. The average Bonchev–Trinajstić information content (AvgIpc) is 3.01. The van der Waals surface area contributed by atoms with Crippen LogP contribution in [0.1, 0.15) is 36.0 Å². The maximum Gasteiger partial charge on any atom is 0.254 e. The van der Waals surface area contributed by atoms with E-state index in [1.807, 2.05) is 4.90 Å². The summed E-state index contributed by atoms with van der Waals surface area (Å²) in [5.74, 6) is 0.0779. The SMILES string of the molecule is O=C(c1ccnc(Cl)c1)N1CCC(N2CCCC2)CC1. The summed E-state index contributed by atoms with van der Waals surface area (Å²) in [5.41, 5.74) is 0.643. The fraction of sp³-hybridized carbons (Fsp3) is 0.600. The van der Waals surface area contributed by atoms with Crippen molar-refractivity contribution in [2.75, 3.05) is 26.2 Å². The van der Waals surface area contributed by atoms with Crippen LogP contribution >= 0.6 is 11.6 Å². The summed E-state index contributed by atoms with van der Waals surface area (Å²) in [6.07, 6.45) is 6.42. The van der Waals surface area contributed by atoms with Crippen LogP contribution in [-0.2, 0) is 0 Å². The number of pyridine rings is 1. The zero-order valence-corrected chi connectivity index (χ0v) is 12.4. The van der Waals surface area contributed by atoms with Gasteiger partial charge in [0, 0.05) is 30.9 Å². The number of hydrogen-bond acceptors (Lipinski definition) is 3. The van der Waals surface area contributed by atoms with Crippen LogP contribution in [0.25, 0.3) is 0 Å². The van der Waals surface area contributed by atoms with E-state index in [0.29, 0.717) is 16.8 Å².